The molecule has 4 N–H and O–H groups in total. The van der Waals surface area contributed by atoms with E-state index in [4.69, 9.17) is 25.7 Å². The Morgan fingerprint density at radius 2 is 1.80 bits per heavy atom. The molecule has 1 unspecified atom stereocenters. The number of ether oxygens (including phenoxy) is 3. The second-order valence-corrected chi connectivity index (χ2v) is 7.59. The van der Waals surface area contributed by atoms with Crippen molar-refractivity contribution in [2.75, 3.05) is 25.7 Å². The quantitative estimate of drug-likeness (QED) is 0.638. The molecule has 2 aromatic carbocycles. The number of thioether (sulfide) groups is 1. The highest BCUT2D eigenvalue weighted by atomic mass is 32.2. The van der Waals surface area contributed by atoms with E-state index < -0.39 is 5.25 Å². The van der Waals surface area contributed by atoms with Crippen LogP contribution in [0.1, 0.15) is 21.9 Å². The largest absolute Gasteiger partial charge is 0.493 e. The number of nitrogens with two attached hydrogens (primary N) is 2. The van der Waals surface area contributed by atoms with Gasteiger partial charge >= 0.3 is 0 Å². The smallest absolute Gasteiger partial charge is 0.228 e. The summed E-state index contributed by atoms with van der Waals surface area (Å²) in [7, 11) is 3.06. The number of nitrogen functional groups attached to an aromatic ring is 2. The number of anilines is 2. The molecule has 0 spiro atoms. The molecule has 2 heterocycles. The third-order valence-electron chi connectivity index (χ3n) is 4.71. The Kier molecular flexibility index (Phi) is 5.01. The molecule has 4 rings (SSSR count). The molecule has 152 valence electrons. The van der Waals surface area contributed by atoms with Crippen molar-refractivity contribution in [1.82, 2.24) is 4.98 Å². The van der Waals surface area contributed by atoms with Crippen LogP contribution >= 0.6 is 11.8 Å². The van der Waals surface area contributed by atoms with Gasteiger partial charge in [-0.1, -0.05) is 0 Å². The number of fused-ring (bicyclic) bond motifs is 2. The molecule has 30 heavy (non-hydrogen) atoms. The molecule has 0 bridgehead atoms. The molecule has 9 heteroatoms. The summed E-state index contributed by atoms with van der Waals surface area (Å²) in [4.78, 5) is 5.05. The van der Waals surface area contributed by atoms with Crippen LogP contribution in [0.15, 0.2) is 41.3 Å². The topological polar surface area (TPSA) is 116 Å². The zero-order valence-corrected chi connectivity index (χ0v) is 16.9. The second-order valence-electron chi connectivity index (χ2n) is 6.42. The molecule has 1 atom stereocenters. The fourth-order valence-electron chi connectivity index (χ4n) is 3.26. The molecule has 1 aromatic heterocycles. The van der Waals surface area contributed by atoms with Gasteiger partial charge in [0.25, 0.3) is 0 Å². The molecule has 0 radical (unpaired) electrons. The van der Waals surface area contributed by atoms with E-state index in [1.54, 1.807) is 24.3 Å². The predicted octanol–water partition coefficient (Wildman–Crippen LogP) is 4.26. The molecule has 1 aliphatic heterocycles. The van der Waals surface area contributed by atoms with Crippen LogP contribution in [0.25, 0.3) is 0 Å². The van der Waals surface area contributed by atoms with E-state index in [2.05, 4.69) is 4.98 Å². The number of pyridine rings is 1. The number of nitriles is 1. The number of aromatic nitrogens is 1. The summed E-state index contributed by atoms with van der Waals surface area (Å²) in [5, 5.41) is 9.07. The Morgan fingerprint density at radius 1 is 1.13 bits per heavy atom. The van der Waals surface area contributed by atoms with Gasteiger partial charge in [-0.05, 0) is 30.3 Å². The first kappa shape index (κ1) is 19.7. The summed E-state index contributed by atoms with van der Waals surface area (Å²) in [6.45, 7) is 0. The first-order chi connectivity index (χ1) is 14.5. The summed E-state index contributed by atoms with van der Waals surface area (Å²) in [5.41, 5.74) is 13.8. The van der Waals surface area contributed by atoms with Gasteiger partial charge in [0, 0.05) is 16.5 Å². The number of benzene rings is 2. The first-order valence-electron chi connectivity index (χ1n) is 8.81. The maximum Gasteiger partial charge on any atom is 0.228 e. The Morgan fingerprint density at radius 3 is 2.43 bits per heavy atom. The van der Waals surface area contributed by atoms with Crippen LogP contribution in [0.3, 0.4) is 0 Å². The third kappa shape index (κ3) is 3.21. The van der Waals surface area contributed by atoms with Crippen molar-refractivity contribution in [2.24, 2.45) is 0 Å². The van der Waals surface area contributed by atoms with Crippen molar-refractivity contribution in [2.45, 2.75) is 10.1 Å². The second kappa shape index (κ2) is 7.65. The van der Waals surface area contributed by atoms with Crippen LogP contribution in [0.4, 0.5) is 15.9 Å². The highest BCUT2D eigenvalue weighted by Gasteiger charge is 2.34. The fraction of sp³-hybridized carbons (Fsp3) is 0.143. The number of halogens is 1. The minimum Gasteiger partial charge on any atom is -0.493 e. The van der Waals surface area contributed by atoms with Crippen molar-refractivity contribution in [3.8, 4) is 29.2 Å². The van der Waals surface area contributed by atoms with Gasteiger partial charge in [0.1, 0.15) is 29.0 Å². The average Bonchev–Trinajstić information content (AvgIpc) is 2.74. The Bertz CT molecular complexity index is 1180. The lowest BCUT2D eigenvalue weighted by molar-refractivity contribution is 0.349. The van der Waals surface area contributed by atoms with Crippen molar-refractivity contribution in [1.29, 1.82) is 5.26 Å². The van der Waals surface area contributed by atoms with E-state index in [9.17, 15) is 9.65 Å². The fourth-order valence-corrected chi connectivity index (χ4v) is 4.48. The predicted molar refractivity (Wildman–Crippen MR) is 111 cm³/mol. The molecule has 0 fully saturated rings. The Labute approximate surface area is 176 Å². The molecule has 7 nitrogen and oxygen atoms in total. The summed E-state index contributed by atoms with van der Waals surface area (Å²) in [6.07, 6.45) is 0. The number of rotatable bonds is 4. The van der Waals surface area contributed by atoms with Gasteiger partial charge in [0.05, 0.1) is 30.7 Å². The number of hydrogen-bond acceptors (Lipinski definition) is 8. The van der Waals surface area contributed by atoms with Gasteiger partial charge in [0.15, 0.2) is 11.5 Å². The van der Waals surface area contributed by atoms with Crippen LogP contribution in [-0.2, 0) is 0 Å². The van der Waals surface area contributed by atoms with Gasteiger partial charge in [-0.15, -0.1) is 11.8 Å². The van der Waals surface area contributed by atoms with Crippen LogP contribution in [0.5, 0.6) is 23.1 Å². The molecule has 1 aliphatic rings. The molecule has 3 aromatic rings. The van der Waals surface area contributed by atoms with E-state index in [0.717, 1.165) is 10.5 Å². The van der Waals surface area contributed by atoms with Crippen LogP contribution in [0, 0.1) is 17.1 Å². The van der Waals surface area contributed by atoms with Crippen LogP contribution in [0.2, 0.25) is 0 Å². The summed E-state index contributed by atoms with van der Waals surface area (Å²) in [6, 6.07) is 11.6. The van der Waals surface area contributed by atoms with Crippen LogP contribution < -0.4 is 25.7 Å². The highest BCUT2D eigenvalue weighted by Crippen LogP contribution is 2.55. The van der Waals surface area contributed by atoms with E-state index in [1.165, 1.54) is 38.1 Å². The molecule has 0 saturated heterocycles. The summed E-state index contributed by atoms with van der Waals surface area (Å²) < 4.78 is 30.2. The monoisotopic (exact) mass is 424 g/mol. The standard InChI is InChI=1S/C21H17FN4O3S/c1-27-15-7-12-14(8-16(15)28-2)29-21-17(18(24)13(9-23)20(25)26-21)19(12)30-11-5-3-10(22)4-6-11/h3-8,19H,1-2H3,(H4,24,25,26). The molecule has 0 aliphatic carbocycles. The van der Waals surface area contributed by atoms with Gasteiger partial charge in [-0.25, -0.2) is 4.39 Å². The third-order valence-corrected chi connectivity index (χ3v) is 5.98. The highest BCUT2D eigenvalue weighted by molar-refractivity contribution is 7.99. The zero-order valence-electron chi connectivity index (χ0n) is 16.1. The lowest BCUT2D eigenvalue weighted by atomic mass is 9.98. The minimum absolute atomic E-state index is 0.0109. The van der Waals surface area contributed by atoms with E-state index in [1.807, 2.05) is 6.07 Å². The Balaban J connectivity index is 1.94. The van der Waals surface area contributed by atoms with E-state index in [0.29, 0.717) is 22.8 Å². The van der Waals surface area contributed by atoms with Crippen LogP contribution in [-0.4, -0.2) is 19.2 Å². The van der Waals surface area contributed by atoms with Crippen molar-refractivity contribution in [3.63, 3.8) is 0 Å². The normalized spacial score (nSPS) is 14.1. The first-order valence-corrected chi connectivity index (χ1v) is 9.69. The molecule has 0 saturated carbocycles. The maximum absolute atomic E-state index is 13.4. The van der Waals surface area contributed by atoms with Crippen molar-refractivity contribution in [3.05, 3.63) is 58.9 Å². The molecular weight excluding hydrogens is 407 g/mol. The minimum atomic E-state index is -0.408. The van der Waals surface area contributed by atoms with Gasteiger partial charge in [-0.3, -0.25) is 0 Å². The SMILES string of the molecule is COc1cc2c(cc1OC)C(Sc1ccc(F)cc1)c1c(nc(N)c(C#N)c1N)O2. The van der Waals surface area contributed by atoms with Gasteiger partial charge in [-0.2, -0.15) is 10.2 Å². The zero-order chi connectivity index (χ0) is 21.4. The van der Waals surface area contributed by atoms with Crippen molar-refractivity contribution < 1.29 is 18.6 Å². The number of methoxy groups -OCH3 is 2. The van der Waals surface area contributed by atoms with Crippen molar-refractivity contribution >= 4 is 23.3 Å². The average molecular weight is 424 g/mol. The summed E-state index contributed by atoms with van der Waals surface area (Å²) in [5.74, 6) is 1.36. The lowest BCUT2D eigenvalue weighted by Crippen LogP contribution is -2.15. The van der Waals surface area contributed by atoms with Gasteiger partial charge in [0.2, 0.25) is 5.88 Å². The molecular formula is C21H17FN4O3S. The molecule has 0 amide bonds. The maximum atomic E-state index is 13.4. The van der Waals surface area contributed by atoms with Gasteiger partial charge < -0.3 is 25.7 Å². The Hall–Kier alpha value is -3.64. The lowest BCUT2D eigenvalue weighted by Gasteiger charge is -2.29. The van der Waals surface area contributed by atoms with E-state index in [-0.39, 0.29) is 28.8 Å². The number of hydrogen-bond donors (Lipinski definition) is 2. The summed E-state index contributed by atoms with van der Waals surface area (Å²) >= 11 is 1.42. The number of nitrogens with zero attached hydrogens (tertiary/aromatic N) is 2. The van der Waals surface area contributed by atoms with E-state index >= 15 is 0 Å².